The van der Waals surface area contributed by atoms with Gasteiger partial charge in [-0.05, 0) is 30.7 Å². The van der Waals surface area contributed by atoms with Gasteiger partial charge >= 0.3 is 0 Å². The van der Waals surface area contributed by atoms with Crippen molar-refractivity contribution in [2.75, 3.05) is 5.75 Å². The zero-order valence-electron chi connectivity index (χ0n) is 9.32. The molecule has 0 unspecified atom stereocenters. The Kier molecular flexibility index (Phi) is 3.67. The first-order valence-electron chi connectivity index (χ1n) is 5.55. The molecule has 1 N–H and O–H groups in total. The average Bonchev–Trinajstić information content (AvgIpc) is 2.76. The molecule has 2 rings (SSSR count). The second-order valence-electron chi connectivity index (χ2n) is 3.77. The van der Waals surface area contributed by atoms with Crippen molar-refractivity contribution in [1.82, 2.24) is 4.98 Å². The summed E-state index contributed by atoms with van der Waals surface area (Å²) in [5, 5.41) is 1.28. The summed E-state index contributed by atoms with van der Waals surface area (Å²) in [7, 11) is 0. The van der Waals surface area contributed by atoms with Crippen molar-refractivity contribution in [3.63, 3.8) is 0 Å². The molecule has 0 aliphatic carbocycles. The number of nitrogens with one attached hydrogen (secondary N) is 1. The Morgan fingerprint density at radius 1 is 1.38 bits per heavy atom. The summed E-state index contributed by atoms with van der Waals surface area (Å²) in [6.45, 7) is 2.14. The molecular weight excluding hydrogens is 218 g/mol. The molecule has 0 atom stereocenters. The normalized spacial score (nSPS) is 10.8. The van der Waals surface area contributed by atoms with E-state index in [2.05, 4.69) is 11.9 Å². The predicted molar refractivity (Wildman–Crippen MR) is 70.0 cm³/mol. The van der Waals surface area contributed by atoms with Gasteiger partial charge in [0.15, 0.2) is 0 Å². The number of hydrogen-bond donors (Lipinski definition) is 1. The van der Waals surface area contributed by atoms with Crippen LogP contribution in [0.15, 0.2) is 30.5 Å². The number of carbonyl (C=O) groups is 1. The highest BCUT2D eigenvalue weighted by atomic mass is 32.2. The Morgan fingerprint density at radius 3 is 3.06 bits per heavy atom. The highest BCUT2D eigenvalue weighted by Gasteiger charge is 2.06. The number of carbonyl (C=O) groups excluding carboxylic acids is 1. The minimum atomic E-state index is 0.177. The van der Waals surface area contributed by atoms with Crippen LogP contribution in [0.4, 0.5) is 0 Å². The van der Waals surface area contributed by atoms with Gasteiger partial charge in [0.1, 0.15) is 0 Å². The number of aromatic nitrogens is 1. The van der Waals surface area contributed by atoms with Crippen LogP contribution in [0.3, 0.4) is 0 Å². The zero-order valence-corrected chi connectivity index (χ0v) is 10.1. The molecule has 0 aliphatic heterocycles. The average molecular weight is 233 g/mol. The molecule has 0 aliphatic rings. The molecule has 0 bridgehead atoms. The van der Waals surface area contributed by atoms with Crippen molar-refractivity contribution >= 4 is 27.8 Å². The van der Waals surface area contributed by atoms with E-state index in [1.165, 1.54) is 11.8 Å². The maximum atomic E-state index is 11.8. The molecule has 3 heteroatoms. The highest BCUT2D eigenvalue weighted by Crippen LogP contribution is 2.19. The summed E-state index contributed by atoms with van der Waals surface area (Å²) < 4.78 is 0. The molecule has 2 nitrogen and oxygen atoms in total. The fourth-order valence-electron chi connectivity index (χ4n) is 1.57. The molecule has 0 spiro atoms. The maximum absolute atomic E-state index is 11.8. The minimum absolute atomic E-state index is 0.177. The third-order valence-electron chi connectivity index (χ3n) is 2.52. The summed E-state index contributed by atoms with van der Waals surface area (Å²) in [4.78, 5) is 15.0. The third-order valence-corrected chi connectivity index (χ3v) is 3.51. The molecule has 0 radical (unpaired) electrons. The Morgan fingerprint density at radius 2 is 2.25 bits per heavy atom. The van der Waals surface area contributed by atoms with E-state index in [0.29, 0.717) is 0 Å². The van der Waals surface area contributed by atoms with E-state index in [9.17, 15) is 4.79 Å². The number of benzene rings is 1. The molecule has 1 heterocycles. The van der Waals surface area contributed by atoms with Crippen LogP contribution in [0.2, 0.25) is 0 Å². The van der Waals surface area contributed by atoms with Gasteiger partial charge in [0.25, 0.3) is 0 Å². The summed E-state index contributed by atoms with van der Waals surface area (Å²) >= 11 is 1.42. The van der Waals surface area contributed by atoms with Gasteiger partial charge in [0.05, 0.1) is 0 Å². The second-order valence-corrected chi connectivity index (χ2v) is 4.84. The lowest BCUT2D eigenvalue weighted by Gasteiger charge is -2.00. The second kappa shape index (κ2) is 5.21. The molecular formula is C13H15NOS. The van der Waals surface area contributed by atoms with Gasteiger partial charge in [0.2, 0.25) is 5.12 Å². The number of thioether (sulfide) groups is 1. The van der Waals surface area contributed by atoms with E-state index >= 15 is 0 Å². The molecule has 1 aromatic heterocycles. The van der Waals surface area contributed by atoms with Crippen LogP contribution in [0.25, 0.3) is 10.9 Å². The monoisotopic (exact) mass is 233 g/mol. The number of hydrogen-bond acceptors (Lipinski definition) is 2. The third kappa shape index (κ3) is 2.47. The standard InChI is InChI=1S/C13H15NOS/c1-2-3-8-16-13(15)11-4-5-12-10(9-11)6-7-14-12/h4-7,9,14H,2-3,8H2,1H3. The lowest BCUT2D eigenvalue weighted by Crippen LogP contribution is -1.94. The van der Waals surface area contributed by atoms with Crippen LogP contribution >= 0.6 is 11.8 Å². The van der Waals surface area contributed by atoms with Crippen LogP contribution in [0.5, 0.6) is 0 Å². The molecule has 2 aromatic rings. The molecule has 84 valence electrons. The lowest BCUT2D eigenvalue weighted by atomic mass is 10.2. The first-order chi connectivity index (χ1) is 7.81. The van der Waals surface area contributed by atoms with Gasteiger partial charge < -0.3 is 4.98 Å². The van der Waals surface area contributed by atoms with Crippen LogP contribution in [0.1, 0.15) is 30.1 Å². The number of rotatable bonds is 4. The van der Waals surface area contributed by atoms with E-state index in [4.69, 9.17) is 0 Å². The van der Waals surface area contributed by atoms with Gasteiger partial charge in [-0.2, -0.15) is 0 Å². The van der Waals surface area contributed by atoms with Gasteiger partial charge in [-0.1, -0.05) is 25.1 Å². The molecule has 16 heavy (non-hydrogen) atoms. The van der Waals surface area contributed by atoms with Crippen LogP contribution in [0, 0.1) is 0 Å². The van der Waals surface area contributed by atoms with Gasteiger partial charge in [-0.3, -0.25) is 4.79 Å². The fraction of sp³-hybridized carbons (Fsp3) is 0.308. The van der Waals surface area contributed by atoms with Crippen molar-refractivity contribution in [1.29, 1.82) is 0 Å². The summed E-state index contributed by atoms with van der Waals surface area (Å²) in [6, 6.07) is 7.79. The minimum Gasteiger partial charge on any atom is -0.361 e. The van der Waals surface area contributed by atoms with Crippen LogP contribution in [-0.4, -0.2) is 15.9 Å². The summed E-state index contributed by atoms with van der Waals surface area (Å²) in [5.74, 6) is 0.917. The van der Waals surface area contributed by atoms with Crippen molar-refractivity contribution in [3.05, 3.63) is 36.0 Å². The number of H-pyrrole nitrogens is 1. The van der Waals surface area contributed by atoms with Crippen molar-refractivity contribution in [2.45, 2.75) is 19.8 Å². The zero-order chi connectivity index (χ0) is 11.4. The Labute approximate surface area is 99.4 Å². The maximum Gasteiger partial charge on any atom is 0.219 e. The summed E-state index contributed by atoms with van der Waals surface area (Å²) in [5.41, 5.74) is 1.88. The molecule has 1 aromatic carbocycles. The smallest absolute Gasteiger partial charge is 0.219 e. The first kappa shape index (κ1) is 11.3. The highest BCUT2D eigenvalue weighted by molar-refractivity contribution is 8.14. The molecule has 0 saturated carbocycles. The van der Waals surface area contributed by atoms with E-state index in [1.807, 2.05) is 30.5 Å². The van der Waals surface area contributed by atoms with E-state index in [1.54, 1.807) is 0 Å². The topological polar surface area (TPSA) is 32.9 Å². The lowest BCUT2D eigenvalue weighted by molar-refractivity contribution is 0.108. The van der Waals surface area contributed by atoms with Crippen molar-refractivity contribution in [3.8, 4) is 0 Å². The molecule has 0 saturated heterocycles. The quantitative estimate of drug-likeness (QED) is 0.814. The number of fused-ring (bicyclic) bond motifs is 1. The largest absolute Gasteiger partial charge is 0.361 e. The van der Waals surface area contributed by atoms with E-state index in [0.717, 1.165) is 35.1 Å². The summed E-state index contributed by atoms with van der Waals surface area (Å²) in [6.07, 6.45) is 4.13. The number of aromatic amines is 1. The fourth-order valence-corrected chi connectivity index (χ4v) is 2.48. The SMILES string of the molecule is CCCCSC(=O)c1ccc2[nH]ccc2c1. The Balaban J connectivity index is 2.10. The van der Waals surface area contributed by atoms with Crippen molar-refractivity contribution < 1.29 is 4.79 Å². The van der Waals surface area contributed by atoms with Gasteiger partial charge in [-0.15, -0.1) is 0 Å². The van der Waals surface area contributed by atoms with E-state index < -0.39 is 0 Å². The molecule has 0 amide bonds. The Bertz CT molecular complexity index is 489. The van der Waals surface area contributed by atoms with Crippen LogP contribution < -0.4 is 0 Å². The number of unbranched alkanes of at least 4 members (excludes halogenated alkanes) is 1. The molecule has 0 fully saturated rings. The van der Waals surface area contributed by atoms with Crippen molar-refractivity contribution in [2.24, 2.45) is 0 Å². The predicted octanol–water partition coefficient (Wildman–Crippen LogP) is 3.84. The van der Waals surface area contributed by atoms with Gasteiger partial charge in [0, 0.05) is 28.4 Å². The first-order valence-corrected chi connectivity index (χ1v) is 6.54. The van der Waals surface area contributed by atoms with Gasteiger partial charge in [-0.25, -0.2) is 0 Å². The van der Waals surface area contributed by atoms with E-state index in [-0.39, 0.29) is 5.12 Å². The Hall–Kier alpha value is -1.22. The van der Waals surface area contributed by atoms with Crippen LogP contribution in [-0.2, 0) is 0 Å².